The average molecular weight is 225 g/mol. The molecule has 0 aliphatic carbocycles. The van der Waals surface area contributed by atoms with Gasteiger partial charge in [0.2, 0.25) is 0 Å². The van der Waals surface area contributed by atoms with E-state index in [1.807, 2.05) is 6.07 Å². The van der Waals surface area contributed by atoms with E-state index >= 15 is 0 Å². The zero-order valence-corrected chi connectivity index (χ0v) is 8.65. The number of nitriles is 1. The summed E-state index contributed by atoms with van der Waals surface area (Å²) >= 11 is 11.7. The van der Waals surface area contributed by atoms with Crippen LogP contribution in [0.25, 0.3) is 0 Å². The van der Waals surface area contributed by atoms with Crippen molar-refractivity contribution in [1.29, 1.82) is 5.26 Å². The molecule has 1 rings (SSSR count). The van der Waals surface area contributed by atoms with E-state index in [-0.39, 0.29) is 6.42 Å². The molecule has 0 aliphatic rings. The van der Waals surface area contributed by atoms with Crippen LogP contribution in [-0.2, 0) is 0 Å². The van der Waals surface area contributed by atoms with E-state index in [1.165, 1.54) is 0 Å². The molecule has 0 saturated carbocycles. The SMILES string of the molecule is N#CCC#Cc1c(Cl)cc(N)cc1Cl. The molecule has 0 atom stereocenters. The second kappa shape index (κ2) is 4.77. The minimum atomic E-state index is 0.150. The first kappa shape index (κ1) is 10.7. The summed E-state index contributed by atoms with van der Waals surface area (Å²) in [7, 11) is 0. The largest absolute Gasteiger partial charge is 0.399 e. The van der Waals surface area contributed by atoms with E-state index in [0.29, 0.717) is 21.3 Å². The Bertz CT molecular complexity index is 426. The first-order valence-electron chi connectivity index (χ1n) is 3.75. The Morgan fingerprint density at radius 3 is 2.36 bits per heavy atom. The zero-order chi connectivity index (χ0) is 10.6. The van der Waals surface area contributed by atoms with Crippen LogP contribution in [0.4, 0.5) is 5.69 Å². The first-order valence-corrected chi connectivity index (χ1v) is 4.51. The number of nitrogens with two attached hydrogens (primary N) is 1. The van der Waals surface area contributed by atoms with E-state index in [1.54, 1.807) is 12.1 Å². The van der Waals surface area contributed by atoms with Crippen molar-refractivity contribution in [2.75, 3.05) is 5.73 Å². The highest BCUT2D eigenvalue weighted by atomic mass is 35.5. The molecule has 0 amide bonds. The third kappa shape index (κ3) is 2.57. The summed E-state index contributed by atoms with van der Waals surface area (Å²) in [6.45, 7) is 0. The monoisotopic (exact) mass is 224 g/mol. The Balaban J connectivity index is 3.12. The van der Waals surface area contributed by atoms with Crippen LogP contribution in [-0.4, -0.2) is 0 Å². The highest BCUT2D eigenvalue weighted by Gasteiger charge is 2.03. The van der Waals surface area contributed by atoms with Gasteiger partial charge < -0.3 is 5.73 Å². The number of rotatable bonds is 0. The molecular formula is C10H6Cl2N2. The van der Waals surface area contributed by atoms with Crippen molar-refractivity contribution in [2.45, 2.75) is 6.42 Å². The molecule has 4 heteroatoms. The number of hydrogen-bond donors (Lipinski definition) is 1. The van der Waals surface area contributed by atoms with Crippen molar-refractivity contribution in [2.24, 2.45) is 0 Å². The number of benzene rings is 1. The van der Waals surface area contributed by atoms with Crippen molar-refractivity contribution in [3.05, 3.63) is 27.7 Å². The molecule has 0 saturated heterocycles. The summed E-state index contributed by atoms with van der Waals surface area (Å²) in [5.74, 6) is 5.35. The minimum absolute atomic E-state index is 0.150. The molecule has 1 aromatic carbocycles. The number of anilines is 1. The van der Waals surface area contributed by atoms with Gasteiger partial charge in [0.15, 0.2) is 0 Å². The second-order valence-electron chi connectivity index (χ2n) is 2.50. The molecule has 0 fully saturated rings. The Labute approximate surface area is 92.2 Å². The lowest BCUT2D eigenvalue weighted by Gasteiger charge is -2.00. The minimum Gasteiger partial charge on any atom is -0.399 e. The van der Waals surface area contributed by atoms with Gasteiger partial charge in [0.25, 0.3) is 0 Å². The van der Waals surface area contributed by atoms with E-state index in [2.05, 4.69) is 11.8 Å². The van der Waals surface area contributed by atoms with E-state index in [0.717, 1.165) is 0 Å². The van der Waals surface area contributed by atoms with Gasteiger partial charge in [-0.2, -0.15) is 5.26 Å². The van der Waals surface area contributed by atoms with Crippen molar-refractivity contribution < 1.29 is 0 Å². The molecule has 0 radical (unpaired) electrons. The molecule has 0 unspecified atom stereocenters. The van der Waals surface area contributed by atoms with Crippen LogP contribution in [0.3, 0.4) is 0 Å². The first-order chi connectivity index (χ1) is 6.65. The van der Waals surface area contributed by atoms with Crippen LogP contribution < -0.4 is 5.73 Å². The molecule has 0 aliphatic heterocycles. The van der Waals surface area contributed by atoms with E-state index < -0.39 is 0 Å². The van der Waals surface area contributed by atoms with Crippen LogP contribution in [0.2, 0.25) is 10.0 Å². The quantitative estimate of drug-likeness (QED) is 0.545. The molecule has 70 valence electrons. The molecule has 0 bridgehead atoms. The lowest BCUT2D eigenvalue weighted by molar-refractivity contribution is 1.39. The van der Waals surface area contributed by atoms with Crippen molar-refractivity contribution in [3.63, 3.8) is 0 Å². The third-order valence-electron chi connectivity index (χ3n) is 1.45. The fourth-order valence-corrected chi connectivity index (χ4v) is 1.48. The molecule has 1 aromatic rings. The summed E-state index contributed by atoms with van der Waals surface area (Å²) in [6.07, 6.45) is 0.150. The third-order valence-corrected chi connectivity index (χ3v) is 2.04. The molecule has 2 N–H and O–H groups in total. The number of halogens is 2. The average Bonchev–Trinajstić information content (AvgIpc) is 2.09. The topological polar surface area (TPSA) is 49.8 Å². The smallest absolute Gasteiger partial charge is 0.0966 e. The highest BCUT2D eigenvalue weighted by Crippen LogP contribution is 2.26. The maximum Gasteiger partial charge on any atom is 0.0966 e. The fourth-order valence-electron chi connectivity index (χ4n) is 0.884. The summed E-state index contributed by atoms with van der Waals surface area (Å²) in [4.78, 5) is 0. The predicted molar refractivity (Wildman–Crippen MR) is 58.0 cm³/mol. The lowest BCUT2D eigenvalue weighted by Crippen LogP contribution is -1.87. The van der Waals surface area contributed by atoms with Crippen LogP contribution in [0.1, 0.15) is 12.0 Å². The van der Waals surface area contributed by atoms with Gasteiger partial charge in [0, 0.05) is 5.69 Å². The summed E-state index contributed by atoms with van der Waals surface area (Å²) in [5, 5.41) is 9.09. The predicted octanol–water partition coefficient (Wildman–Crippen LogP) is 2.84. The Kier molecular flexibility index (Phi) is 3.65. The summed E-state index contributed by atoms with van der Waals surface area (Å²) < 4.78 is 0. The van der Waals surface area contributed by atoms with Crippen LogP contribution in [0, 0.1) is 23.2 Å². The lowest BCUT2D eigenvalue weighted by atomic mass is 10.2. The number of nitrogens with zero attached hydrogens (tertiary/aromatic N) is 1. The summed E-state index contributed by atoms with van der Waals surface area (Å²) in [6, 6.07) is 5.05. The molecular weight excluding hydrogens is 219 g/mol. The molecule has 2 nitrogen and oxygen atoms in total. The van der Waals surface area contributed by atoms with Gasteiger partial charge in [-0.3, -0.25) is 0 Å². The zero-order valence-electron chi connectivity index (χ0n) is 7.14. The normalized spacial score (nSPS) is 8.64. The van der Waals surface area contributed by atoms with Gasteiger partial charge >= 0.3 is 0 Å². The number of nitrogen functional groups attached to an aromatic ring is 1. The van der Waals surface area contributed by atoms with E-state index in [9.17, 15) is 0 Å². The van der Waals surface area contributed by atoms with E-state index in [4.69, 9.17) is 34.2 Å². The Morgan fingerprint density at radius 2 is 1.86 bits per heavy atom. The highest BCUT2D eigenvalue weighted by molar-refractivity contribution is 6.37. The van der Waals surface area contributed by atoms with Crippen LogP contribution in [0.5, 0.6) is 0 Å². The maximum atomic E-state index is 8.29. The van der Waals surface area contributed by atoms with Gasteiger partial charge in [-0.1, -0.05) is 35.0 Å². The van der Waals surface area contributed by atoms with Gasteiger partial charge in [-0.25, -0.2) is 0 Å². The molecule has 0 aromatic heterocycles. The maximum absolute atomic E-state index is 8.29. The fraction of sp³-hybridized carbons (Fsp3) is 0.100. The van der Waals surface area contributed by atoms with Gasteiger partial charge in [0.05, 0.1) is 28.1 Å². The number of hydrogen-bond acceptors (Lipinski definition) is 2. The second-order valence-corrected chi connectivity index (χ2v) is 3.31. The summed E-state index contributed by atoms with van der Waals surface area (Å²) in [5.41, 5.74) is 6.52. The van der Waals surface area contributed by atoms with Crippen LogP contribution in [0.15, 0.2) is 12.1 Å². The Morgan fingerprint density at radius 1 is 1.29 bits per heavy atom. The Hall–Kier alpha value is -1.35. The standard InChI is InChI=1S/C10H6Cl2N2/c11-9-5-7(14)6-10(12)8(9)3-1-2-4-13/h5-6H,2,14H2. The van der Waals surface area contributed by atoms with Gasteiger partial charge in [0.1, 0.15) is 0 Å². The van der Waals surface area contributed by atoms with Crippen molar-refractivity contribution in [3.8, 4) is 17.9 Å². The van der Waals surface area contributed by atoms with Gasteiger partial charge in [-0.15, -0.1) is 0 Å². The molecule has 0 heterocycles. The van der Waals surface area contributed by atoms with Gasteiger partial charge in [-0.05, 0) is 12.1 Å². The molecule has 0 spiro atoms. The molecule has 14 heavy (non-hydrogen) atoms. The van der Waals surface area contributed by atoms with Crippen molar-refractivity contribution in [1.82, 2.24) is 0 Å². The van der Waals surface area contributed by atoms with Crippen molar-refractivity contribution >= 4 is 28.9 Å². The van der Waals surface area contributed by atoms with Crippen LogP contribution >= 0.6 is 23.2 Å².